The van der Waals surface area contributed by atoms with Crippen molar-refractivity contribution in [3.8, 4) is 0 Å². The number of Topliss-reactive ketones (excluding diaryl/α,β-unsaturated/α-hetero) is 2. The van der Waals surface area contributed by atoms with Gasteiger partial charge in [-0.3, -0.25) is 19.2 Å². The molecule has 12 nitrogen and oxygen atoms in total. The molecule has 0 heterocycles. The first kappa shape index (κ1) is 50.1. The highest BCUT2D eigenvalue weighted by Gasteiger charge is 2.41. The third-order valence-electron chi connectivity index (χ3n) is 10.1. The van der Waals surface area contributed by atoms with E-state index in [0.717, 1.165) is 43.2 Å². The molecule has 0 aliphatic heterocycles. The molecule has 324 valence electrons. The van der Waals surface area contributed by atoms with Gasteiger partial charge in [0.1, 0.15) is 13.1 Å². The maximum atomic E-state index is 13.1. The van der Waals surface area contributed by atoms with Gasteiger partial charge >= 0.3 is 24.1 Å². The summed E-state index contributed by atoms with van der Waals surface area (Å²) in [5, 5.41) is 17.9. The molecule has 12 heteroatoms. The molecule has 0 fully saturated rings. The van der Waals surface area contributed by atoms with E-state index in [1.807, 2.05) is 140 Å². The molecule has 0 saturated carbocycles. The van der Waals surface area contributed by atoms with Gasteiger partial charge in [-0.2, -0.15) is 0 Å². The maximum Gasteiger partial charge on any atom is 0.410 e. The molecule has 2 aliphatic carbocycles. The molecular formula is C48H62N2O10. The predicted molar refractivity (Wildman–Crippen MR) is 234 cm³/mol. The summed E-state index contributed by atoms with van der Waals surface area (Å²) in [5.41, 5.74) is 5.85. The number of likely N-dealkylation sites (N-methyl/N-ethyl adjacent to an activating group) is 2. The Balaban J connectivity index is 1.99. The Morgan fingerprint density at radius 1 is 0.583 bits per heavy atom. The van der Waals surface area contributed by atoms with E-state index in [2.05, 4.69) is 0 Å². The Labute approximate surface area is 355 Å². The predicted octanol–water partition coefficient (Wildman–Crippen LogP) is 9.23. The fourth-order valence-corrected chi connectivity index (χ4v) is 6.72. The van der Waals surface area contributed by atoms with Crippen molar-refractivity contribution < 1.29 is 48.5 Å². The molecule has 60 heavy (non-hydrogen) atoms. The van der Waals surface area contributed by atoms with Crippen molar-refractivity contribution in [1.82, 2.24) is 9.80 Å². The summed E-state index contributed by atoms with van der Waals surface area (Å²) in [6.45, 7) is 18.3. The first-order chi connectivity index (χ1) is 27.9. The minimum absolute atomic E-state index is 0.281. The minimum Gasteiger partial charge on any atom is -0.480 e. The second-order valence-electron chi connectivity index (χ2n) is 16.6. The lowest BCUT2D eigenvalue weighted by molar-refractivity contribution is -0.139. The Morgan fingerprint density at radius 2 is 0.883 bits per heavy atom. The SMILES string of the molecule is CC1=C(/C=C/C(C)=C/C=C/C(C)=C/C=C/C=C(C)/C=C/C=C(C)/C=C/C2=C(C)C(=O)C(OC(=O)N(C)CC(=O)O)CC2(C)C)C(C)(C)CC(OC(=O)N(C)CC(=O)O)C1=O. The second kappa shape index (κ2) is 22.4. The first-order valence-electron chi connectivity index (χ1n) is 19.7. The Morgan fingerprint density at radius 3 is 1.20 bits per heavy atom. The highest BCUT2D eigenvalue weighted by molar-refractivity contribution is 6.02. The zero-order valence-corrected chi connectivity index (χ0v) is 37.1. The van der Waals surface area contributed by atoms with Crippen LogP contribution in [-0.4, -0.2) is 95.1 Å². The number of carbonyl (C=O) groups is 6. The topological polar surface area (TPSA) is 168 Å². The number of carboxylic acids is 2. The van der Waals surface area contributed by atoms with Crippen molar-refractivity contribution in [2.45, 2.75) is 94.3 Å². The van der Waals surface area contributed by atoms with Gasteiger partial charge < -0.3 is 29.5 Å². The van der Waals surface area contributed by atoms with Crippen LogP contribution in [-0.2, 0) is 28.7 Å². The lowest BCUT2D eigenvalue weighted by atomic mass is 9.71. The molecule has 2 unspecified atom stereocenters. The molecule has 0 bridgehead atoms. The summed E-state index contributed by atoms with van der Waals surface area (Å²) in [4.78, 5) is 74.6. The van der Waals surface area contributed by atoms with Gasteiger partial charge in [-0.05, 0) is 74.7 Å². The van der Waals surface area contributed by atoms with Crippen LogP contribution in [0.25, 0.3) is 0 Å². The fraction of sp³-hybridized carbons (Fsp3) is 0.417. The van der Waals surface area contributed by atoms with E-state index in [1.54, 1.807) is 13.8 Å². The van der Waals surface area contributed by atoms with Crippen molar-refractivity contribution in [1.29, 1.82) is 0 Å². The quantitative estimate of drug-likeness (QED) is 0.143. The summed E-state index contributed by atoms with van der Waals surface area (Å²) in [6.07, 6.45) is 24.4. The van der Waals surface area contributed by atoms with Crippen LogP contribution < -0.4 is 0 Å². The van der Waals surface area contributed by atoms with Crippen LogP contribution in [0.5, 0.6) is 0 Å². The maximum absolute atomic E-state index is 13.1. The molecule has 0 saturated heterocycles. The van der Waals surface area contributed by atoms with Gasteiger partial charge in [-0.15, -0.1) is 0 Å². The van der Waals surface area contributed by atoms with Gasteiger partial charge in [0, 0.05) is 26.9 Å². The van der Waals surface area contributed by atoms with Crippen molar-refractivity contribution >= 4 is 35.7 Å². The highest BCUT2D eigenvalue weighted by atomic mass is 16.6. The van der Waals surface area contributed by atoms with E-state index in [4.69, 9.17) is 19.7 Å². The van der Waals surface area contributed by atoms with Gasteiger partial charge in [-0.1, -0.05) is 135 Å². The molecule has 2 rings (SSSR count). The summed E-state index contributed by atoms with van der Waals surface area (Å²) in [5.74, 6) is -2.93. The standard InChI is InChI=1S/C48H62N2O10/c1-31(19-15-21-33(3)23-25-37-35(5)43(55)39(27-47(37,7)8)59-45(57)49(11)29-41(51)52)17-13-14-18-32(2)20-16-22-34(4)24-26-38-36(6)44(56)40(28-48(38,9)10)60-46(58)50(12)30-42(53)54/h13-26,39-40H,27-30H2,1-12H3,(H,51,52)(H,53,54)/b14-13+,19-15+,20-16+,25-23+,26-24+,31-17+,32-18+,33-21+,34-22+. The smallest absolute Gasteiger partial charge is 0.410 e. The number of amides is 2. The average Bonchev–Trinajstić information content (AvgIpc) is 3.13. The highest BCUT2D eigenvalue weighted by Crippen LogP contribution is 2.42. The Bertz CT molecular complexity index is 1900. The van der Waals surface area contributed by atoms with E-state index in [9.17, 15) is 28.8 Å². The molecular weight excluding hydrogens is 765 g/mol. The summed E-state index contributed by atoms with van der Waals surface area (Å²) in [7, 11) is 2.63. The van der Waals surface area contributed by atoms with E-state index in [1.165, 1.54) is 14.1 Å². The zero-order chi connectivity index (χ0) is 45.5. The molecule has 0 aromatic rings. The number of aliphatic carboxylic acids is 2. The molecule has 2 atom stereocenters. The molecule has 2 aliphatic rings. The summed E-state index contributed by atoms with van der Waals surface area (Å²) >= 11 is 0. The van der Waals surface area contributed by atoms with Crippen molar-refractivity contribution in [2.24, 2.45) is 10.8 Å². The van der Waals surface area contributed by atoms with Crippen LogP contribution in [0.2, 0.25) is 0 Å². The largest absolute Gasteiger partial charge is 0.480 e. The number of nitrogens with zero attached hydrogens (tertiary/aromatic N) is 2. The summed E-state index contributed by atoms with van der Waals surface area (Å²) in [6, 6.07) is 0. The summed E-state index contributed by atoms with van der Waals surface area (Å²) < 4.78 is 10.8. The lowest BCUT2D eigenvalue weighted by Crippen LogP contribution is -2.42. The van der Waals surface area contributed by atoms with E-state index in [0.29, 0.717) is 11.1 Å². The van der Waals surface area contributed by atoms with Crippen molar-refractivity contribution in [2.75, 3.05) is 27.2 Å². The van der Waals surface area contributed by atoms with Crippen LogP contribution in [0.1, 0.15) is 82.1 Å². The van der Waals surface area contributed by atoms with Crippen LogP contribution in [0, 0.1) is 10.8 Å². The number of ketones is 2. The molecule has 2 amide bonds. The number of rotatable bonds is 16. The van der Waals surface area contributed by atoms with Crippen LogP contribution in [0.15, 0.2) is 130 Å². The van der Waals surface area contributed by atoms with Crippen LogP contribution in [0.4, 0.5) is 9.59 Å². The van der Waals surface area contributed by atoms with Gasteiger partial charge in [0.05, 0.1) is 0 Å². The van der Waals surface area contributed by atoms with Gasteiger partial charge in [0.15, 0.2) is 23.8 Å². The van der Waals surface area contributed by atoms with Crippen molar-refractivity contribution in [3.05, 3.63) is 130 Å². The number of allylic oxidation sites excluding steroid dienone is 20. The number of carboxylic acid groups (broad SMARTS) is 2. The van der Waals surface area contributed by atoms with Crippen LogP contribution in [0.3, 0.4) is 0 Å². The fourth-order valence-electron chi connectivity index (χ4n) is 6.72. The lowest BCUT2D eigenvalue weighted by Gasteiger charge is -2.36. The van der Waals surface area contributed by atoms with E-state index in [-0.39, 0.29) is 24.4 Å². The third kappa shape index (κ3) is 15.6. The molecule has 0 aromatic carbocycles. The number of hydrogen-bond acceptors (Lipinski definition) is 8. The van der Waals surface area contributed by atoms with Gasteiger partial charge in [0.25, 0.3) is 0 Å². The second-order valence-corrected chi connectivity index (χ2v) is 16.6. The molecule has 2 N–H and O–H groups in total. The normalized spacial score (nSPS) is 20.7. The van der Waals surface area contributed by atoms with Crippen molar-refractivity contribution in [3.63, 3.8) is 0 Å². The minimum atomic E-state index is -1.17. The Hall–Kier alpha value is -6.04. The number of hydrogen-bond donors (Lipinski definition) is 2. The van der Waals surface area contributed by atoms with Crippen LogP contribution >= 0.6 is 0 Å². The van der Waals surface area contributed by atoms with E-state index >= 15 is 0 Å². The zero-order valence-electron chi connectivity index (χ0n) is 37.1. The monoisotopic (exact) mass is 826 g/mol. The molecule has 0 radical (unpaired) electrons. The van der Waals surface area contributed by atoms with E-state index < -0.39 is 60.3 Å². The average molecular weight is 827 g/mol. The first-order valence-corrected chi connectivity index (χ1v) is 19.7. The molecule has 0 spiro atoms. The third-order valence-corrected chi connectivity index (χ3v) is 10.1. The Kier molecular flexibility index (Phi) is 18.7. The molecule has 0 aromatic heterocycles. The number of carbonyl (C=O) groups excluding carboxylic acids is 4. The number of ether oxygens (including phenoxy) is 2. The van der Waals surface area contributed by atoms with Gasteiger partial charge in [-0.25, -0.2) is 9.59 Å². The van der Waals surface area contributed by atoms with Gasteiger partial charge in [0.2, 0.25) is 0 Å².